The number of aromatic nitrogens is 2. The van der Waals surface area contributed by atoms with Crippen LogP contribution in [-0.2, 0) is 0 Å². The highest BCUT2D eigenvalue weighted by Gasteiger charge is 2.14. The first kappa shape index (κ1) is 17.9. The Hall–Kier alpha value is -3.53. The van der Waals surface area contributed by atoms with Gasteiger partial charge in [-0.05, 0) is 49.4 Å². The van der Waals surface area contributed by atoms with E-state index in [1.54, 1.807) is 14.2 Å². The first-order valence-electron chi connectivity index (χ1n) is 9.14. The van der Waals surface area contributed by atoms with E-state index in [1.165, 1.54) is 5.56 Å². The number of hydrogen-bond donors (Lipinski definition) is 0. The molecule has 0 atom stereocenters. The average molecular weight is 370 g/mol. The third kappa shape index (κ3) is 3.49. The highest BCUT2D eigenvalue weighted by atomic mass is 16.5. The molecule has 0 amide bonds. The number of nitrogens with zero attached hydrogens (tertiary/aromatic N) is 2. The normalized spacial score (nSPS) is 10.7. The third-order valence-corrected chi connectivity index (χ3v) is 4.72. The summed E-state index contributed by atoms with van der Waals surface area (Å²) in [6, 6.07) is 26.4. The first-order chi connectivity index (χ1) is 13.7. The summed E-state index contributed by atoms with van der Waals surface area (Å²) in [6.45, 7) is 2.08. The second kappa shape index (κ2) is 7.61. The fourth-order valence-corrected chi connectivity index (χ4v) is 3.18. The smallest absolute Gasteiger partial charge is 0.119 e. The summed E-state index contributed by atoms with van der Waals surface area (Å²) in [5.41, 5.74) is 6.17. The van der Waals surface area contributed by atoms with E-state index < -0.39 is 0 Å². The molecule has 0 spiro atoms. The Morgan fingerprint density at radius 1 is 0.714 bits per heavy atom. The summed E-state index contributed by atoms with van der Waals surface area (Å²) in [5, 5.41) is 4.91. The molecule has 4 heteroatoms. The van der Waals surface area contributed by atoms with Crippen molar-refractivity contribution in [2.24, 2.45) is 0 Å². The van der Waals surface area contributed by atoms with Crippen LogP contribution < -0.4 is 9.47 Å². The number of methoxy groups -OCH3 is 2. The van der Waals surface area contributed by atoms with Gasteiger partial charge in [-0.3, -0.25) is 0 Å². The molecule has 0 radical (unpaired) electrons. The van der Waals surface area contributed by atoms with Crippen LogP contribution in [0.15, 0.2) is 78.9 Å². The van der Waals surface area contributed by atoms with E-state index in [-0.39, 0.29) is 0 Å². The maximum atomic E-state index is 5.41. The lowest BCUT2D eigenvalue weighted by Crippen LogP contribution is -1.99. The van der Waals surface area contributed by atoms with E-state index >= 15 is 0 Å². The van der Waals surface area contributed by atoms with Gasteiger partial charge in [-0.2, -0.15) is 5.10 Å². The fourth-order valence-electron chi connectivity index (χ4n) is 3.18. The average Bonchev–Trinajstić information content (AvgIpc) is 3.20. The zero-order valence-corrected chi connectivity index (χ0v) is 16.2. The summed E-state index contributed by atoms with van der Waals surface area (Å²) in [5.74, 6) is 1.63. The number of ether oxygens (including phenoxy) is 2. The summed E-state index contributed by atoms with van der Waals surface area (Å²) in [6.07, 6.45) is 0. The molecule has 0 N–H and O–H groups in total. The molecule has 1 aromatic heterocycles. The molecule has 4 aromatic rings. The number of aryl methyl sites for hydroxylation is 1. The topological polar surface area (TPSA) is 36.3 Å². The molecule has 0 saturated carbocycles. The van der Waals surface area contributed by atoms with Crippen LogP contribution in [0, 0.1) is 6.92 Å². The van der Waals surface area contributed by atoms with Gasteiger partial charge in [-0.25, -0.2) is 4.68 Å². The number of hydrogen-bond acceptors (Lipinski definition) is 3. The van der Waals surface area contributed by atoms with Gasteiger partial charge in [0.25, 0.3) is 0 Å². The molecule has 28 heavy (non-hydrogen) atoms. The second-order valence-corrected chi connectivity index (χ2v) is 6.63. The molecule has 140 valence electrons. The number of benzene rings is 3. The summed E-state index contributed by atoms with van der Waals surface area (Å²) < 4.78 is 12.8. The van der Waals surface area contributed by atoms with Gasteiger partial charge in [0, 0.05) is 11.1 Å². The molecular formula is C24H22N2O2. The van der Waals surface area contributed by atoms with Crippen molar-refractivity contribution >= 4 is 0 Å². The van der Waals surface area contributed by atoms with Gasteiger partial charge in [0.2, 0.25) is 0 Å². The van der Waals surface area contributed by atoms with Crippen molar-refractivity contribution in [3.63, 3.8) is 0 Å². The van der Waals surface area contributed by atoms with Crippen LogP contribution in [0.2, 0.25) is 0 Å². The molecule has 0 fully saturated rings. The highest BCUT2D eigenvalue weighted by molar-refractivity contribution is 5.72. The van der Waals surface area contributed by atoms with E-state index in [0.717, 1.165) is 39.7 Å². The zero-order chi connectivity index (χ0) is 19.5. The maximum Gasteiger partial charge on any atom is 0.119 e. The van der Waals surface area contributed by atoms with Crippen LogP contribution in [0.25, 0.3) is 28.2 Å². The van der Waals surface area contributed by atoms with Crippen molar-refractivity contribution in [2.75, 3.05) is 14.2 Å². The van der Waals surface area contributed by atoms with Crippen LogP contribution in [0.3, 0.4) is 0 Å². The molecule has 0 aliphatic rings. The lowest BCUT2D eigenvalue weighted by atomic mass is 10.1. The van der Waals surface area contributed by atoms with Gasteiger partial charge in [0.1, 0.15) is 11.5 Å². The molecule has 1 heterocycles. The van der Waals surface area contributed by atoms with Gasteiger partial charge in [-0.1, -0.05) is 42.0 Å². The molecule has 0 aliphatic carbocycles. The lowest BCUT2D eigenvalue weighted by Gasteiger charge is -2.09. The maximum absolute atomic E-state index is 5.41. The predicted molar refractivity (Wildman–Crippen MR) is 112 cm³/mol. The van der Waals surface area contributed by atoms with E-state index in [0.29, 0.717) is 0 Å². The molecule has 0 saturated heterocycles. The largest absolute Gasteiger partial charge is 0.497 e. The first-order valence-corrected chi connectivity index (χ1v) is 9.14. The predicted octanol–water partition coefficient (Wildman–Crippen LogP) is 5.53. The molecule has 0 bridgehead atoms. The van der Waals surface area contributed by atoms with Crippen LogP contribution in [0.1, 0.15) is 5.56 Å². The lowest BCUT2D eigenvalue weighted by molar-refractivity contribution is 0.415. The van der Waals surface area contributed by atoms with Gasteiger partial charge in [-0.15, -0.1) is 0 Å². The molecule has 4 nitrogen and oxygen atoms in total. The Balaban J connectivity index is 1.89. The Kier molecular flexibility index (Phi) is 4.85. The number of rotatable bonds is 5. The Labute approximate surface area is 165 Å². The Morgan fingerprint density at radius 2 is 1.32 bits per heavy atom. The van der Waals surface area contributed by atoms with E-state index in [1.807, 2.05) is 47.1 Å². The Morgan fingerprint density at radius 3 is 1.96 bits per heavy atom. The second-order valence-electron chi connectivity index (χ2n) is 6.63. The summed E-state index contributed by atoms with van der Waals surface area (Å²) in [4.78, 5) is 0. The van der Waals surface area contributed by atoms with Crippen molar-refractivity contribution in [1.29, 1.82) is 0 Å². The zero-order valence-electron chi connectivity index (χ0n) is 16.2. The van der Waals surface area contributed by atoms with Crippen molar-refractivity contribution < 1.29 is 9.47 Å². The monoisotopic (exact) mass is 370 g/mol. The van der Waals surface area contributed by atoms with E-state index in [2.05, 4.69) is 43.3 Å². The molecule has 4 rings (SSSR count). The van der Waals surface area contributed by atoms with Crippen LogP contribution in [-0.4, -0.2) is 24.0 Å². The van der Waals surface area contributed by atoms with E-state index in [9.17, 15) is 0 Å². The van der Waals surface area contributed by atoms with Crippen LogP contribution in [0.4, 0.5) is 0 Å². The van der Waals surface area contributed by atoms with E-state index in [4.69, 9.17) is 14.6 Å². The fraction of sp³-hybridized carbons (Fsp3) is 0.125. The molecule has 0 unspecified atom stereocenters. The van der Waals surface area contributed by atoms with Crippen molar-refractivity contribution in [3.8, 4) is 39.7 Å². The van der Waals surface area contributed by atoms with Gasteiger partial charge in [0.05, 0.1) is 31.3 Å². The molecule has 3 aromatic carbocycles. The minimum absolute atomic E-state index is 0.810. The SMILES string of the molecule is COc1cccc(-c2cc(-c3cccc(OC)c3)n(-c3ccc(C)cc3)n2)c1. The summed E-state index contributed by atoms with van der Waals surface area (Å²) >= 11 is 0. The minimum Gasteiger partial charge on any atom is -0.497 e. The minimum atomic E-state index is 0.810. The van der Waals surface area contributed by atoms with Gasteiger partial charge >= 0.3 is 0 Å². The molecule has 0 aliphatic heterocycles. The van der Waals surface area contributed by atoms with Crippen molar-refractivity contribution in [3.05, 3.63) is 84.4 Å². The highest BCUT2D eigenvalue weighted by Crippen LogP contribution is 2.31. The summed E-state index contributed by atoms with van der Waals surface area (Å²) in [7, 11) is 3.35. The Bertz CT molecular complexity index is 1100. The van der Waals surface area contributed by atoms with Crippen LogP contribution >= 0.6 is 0 Å². The third-order valence-electron chi connectivity index (χ3n) is 4.72. The van der Waals surface area contributed by atoms with Crippen molar-refractivity contribution in [2.45, 2.75) is 6.92 Å². The molecular weight excluding hydrogens is 348 g/mol. The van der Waals surface area contributed by atoms with Crippen molar-refractivity contribution in [1.82, 2.24) is 9.78 Å². The quantitative estimate of drug-likeness (QED) is 0.463. The standard InChI is InChI=1S/C24H22N2O2/c1-17-10-12-20(13-11-17)26-24(19-7-5-9-22(15-19)28-3)16-23(25-26)18-6-4-8-21(14-18)27-2/h4-16H,1-3H3. The van der Waals surface area contributed by atoms with Gasteiger partial charge in [0.15, 0.2) is 0 Å². The van der Waals surface area contributed by atoms with Gasteiger partial charge < -0.3 is 9.47 Å². The van der Waals surface area contributed by atoms with Crippen LogP contribution in [0.5, 0.6) is 11.5 Å².